The van der Waals surface area contributed by atoms with Crippen LogP contribution in [0.25, 0.3) is 0 Å². The topological polar surface area (TPSA) is 0 Å². The summed E-state index contributed by atoms with van der Waals surface area (Å²) in [7, 11) is 0. The van der Waals surface area contributed by atoms with Crippen LogP contribution in [0.2, 0.25) is 0 Å². The molecule has 16 heavy (non-hydrogen) atoms. The second-order valence-electron chi connectivity index (χ2n) is 0. The Bertz CT molecular complexity index is 21.0. The van der Waals surface area contributed by atoms with E-state index >= 15 is 0 Å². The van der Waals surface area contributed by atoms with Crippen molar-refractivity contribution in [2.45, 2.75) is 0 Å². The average molecular weight is 990 g/mol. The molecular formula is CeCl12LaNdPr. The molecule has 0 bridgehead atoms. The van der Waals surface area contributed by atoms with Gasteiger partial charge in [-0.25, -0.2) is 0 Å². The van der Waals surface area contributed by atoms with Crippen LogP contribution in [-0.2, 0) is 0 Å². The van der Waals surface area contributed by atoms with Crippen LogP contribution in [0, 0.1) is 159 Å². The zero-order valence-corrected chi connectivity index (χ0v) is 29.4. The molecule has 98 valence electrons. The van der Waals surface area contributed by atoms with Crippen LogP contribution < -0.4 is 149 Å². The second kappa shape index (κ2) is 160. The quantitative estimate of drug-likeness (QED) is 0.227. The minimum Gasteiger partial charge on any atom is -1.00 e. The number of rotatable bonds is 0. The van der Waals surface area contributed by atoms with Crippen LogP contribution in [0.4, 0.5) is 0 Å². The van der Waals surface area contributed by atoms with Gasteiger partial charge in [-0.15, -0.1) is 0 Å². The van der Waals surface area contributed by atoms with Gasteiger partial charge < -0.3 is 149 Å². The molecule has 2 radical (unpaired) electrons. The SMILES string of the molecule is [Ce+3].[Cl-].[Cl-].[Cl-].[Cl-].[Cl-].[Cl-].[Cl-].[Cl-].[Cl-].[Cl-].[Cl-].[Cl-].[La+3].[Nd+3].[Pr+3]. The van der Waals surface area contributed by atoms with E-state index in [0.717, 1.165) is 0 Å². The molecule has 0 aromatic rings. The maximum Gasteiger partial charge on any atom is 3.00 e. The van der Waals surface area contributed by atoms with E-state index in [2.05, 4.69) is 0 Å². The average Bonchev–Trinajstić information content (AvgIpc) is 0. The van der Waals surface area contributed by atoms with Gasteiger partial charge in [-0.1, -0.05) is 0 Å². The van der Waals surface area contributed by atoms with Gasteiger partial charge >= 0.3 is 159 Å². The van der Waals surface area contributed by atoms with Gasteiger partial charge in [0.15, 0.2) is 0 Å². The Morgan fingerprint density at radius 3 is 0.312 bits per heavy atom. The third kappa shape index (κ3) is 140. The maximum atomic E-state index is 0. The minimum absolute atomic E-state index is 0. The van der Waals surface area contributed by atoms with Crippen molar-refractivity contribution in [2.24, 2.45) is 0 Å². The van der Waals surface area contributed by atoms with Crippen molar-refractivity contribution < 1.29 is 308 Å². The summed E-state index contributed by atoms with van der Waals surface area (Å²) in [6.45, 7) is 0. The van der Waals surface area contributed by atoms with Gasteiger partial charge in [0.25, 0.3) is 0 Å². The van der Waals surface area contributed by atoms with Crippen molar-refractivity contribution >= 4 is 0 Å². The molecule has 0 spiro atoms. The van der Waals surface area contributed by atoms with Crippen LogP contribution in [0.3, 0.4) is 0 Å². The second-order valence-corrected chi connectivity index (χ2v) is 0. The first-order chi connectivity index (χ1) is 0. The predicted octanol–water partition coefficient (Wildman–Crippen LogP) is -36.0. The molecule has 0 aliphatic carbocycles. The first-order valence-electron chi connectivity index (χ1n) is 0. The Balaban J connectivity index is 0. The molecule has 0 aliphatic heterocycles. The van der Waals surface area contributed by atoms with Crippen LogP contribution in [0.1, 0.15) is 0 Å². The zero-order valence-electron chi connectivity index (χ0n) is 6.69. The third-order valence-corrected chi connectivity index (χ3v) is 0. The van der Waals surface area contributed by atoms with Gasteiger partial charge in [0.05, 0.1) is 0 Å². The molecule has 0 amide bonds. The first kappa shape index (κ1) is 182. The fraction of sp³-hybridized carbons (Fsp3) is 0. The van der Waals surface area contributed by atoms with Crippen molar-refractivity contribution in [1.82, 2.24) is 0 Å². The Labute approximate surface area is 300 Å². The van der Waals surface area contributed by atoms with E-state index < -0.39 is 0 Å². The molecule has 0 aromatic carbocycles. The zero-order chi connectivity index (χ0) is 0. The molecule has 16 heteroatoms. The summed E-state index contributed by atoms with van der Waals surface area (Å²) >= 11 is 0. The number of hydrogen-bond donors (Lipinski definition) is 0. The molecule has 0 heterocycles. The molecule has 0 fully saturated rings. The van der Waals surface area contributed by atoms with E-state index in [1.54, 1.807) is 0 Å². The van der Waals surface area contributed by atoms with E-state index in [-0.39, 0.29) is 308 Å². The molecule has 0 unspecified atom stereocenters. The molecule has 0 saturated heterocycles. The maximum absolute atomic E-state index is 0. The Kier molecular flexibility index (Phi) is 1820. The molecule has 0 saturated carbocycles. The third-order valence-electron chi connectivity index (χ3n) is 0. The fourth-order valence-electron chi connectivity index (χ4n) is 0. The molecule has 0 N–H and O–H groups in total. The van der Waals surface area contributed by atoms with Gasteiger partial charge in [0.1, 0.15) is 0 Å². The summed E-state index contributed by atoms with van der Waals surface area (Å²) < 4.78 is 0. The van der Waals surface area contributed by atoms with Crippen molar-refractivity contribution in [1.29, 1.82) is 0 Å². The van der Waals surface area contributed by atoms with E-state index in [0.29, 0.717) is 0 Å². The monoisotopic (exact) mass is 981 g/mol. The Morgan fingerprint density at radius 1 is 0.312 bits per heavy atom. The summed E-state index contributed by atoms with van der Waals surface area (Å²) in [5, 5.41) is 0. The normalized spacial score (nSPS) is 0. The number of hydrogen-bond acceptors (Lipinski definition) is 0. The summed E-state index contributed by atoms with van der Waals surface area (Å²) in [5.41, 5.74) is 0. The minimum atomic E-state index is 0. The smallest absolute Gasteiger partial charge is 1.00 e. The van der Waals surface area contributed by atoms with E-state index in [9.17, 15) is 0 Å². The van der Waals surface area contributed by atoms with Crippen molar-refractivity contribution in [3.05, 3.63) is 0 Å². The van der Waals surface area contributed by atoms with Crippen molar-refractivity contribution in [3.8, 4) is 0 Å². The first-order valence-corrected chi connectivity index (χ1v) is 0. The van der Waals surface area contributed by atoms with Gasteiger partial charge in [-0.3, -0.25) is 0 Å². The summed E-state index contributed by atoms with van der Waals surface area (Å²) in [6, 6.07) is 0. The summed E-state index contributed by atoms with van der Waals surface area (Å²) in [4.78, 5) is 0. The molecule has 0 aliphatic rings. The predicted molar refractivity (Wildman–Crippen MR) is 0 cm³/mol. The molecular weight excluding hydrogens is 990 g/mol. The molecule has 0 rings (SSSR count). The van der Waals surface area contributed by atoms with E-state index in [1.807, 2.05) is 0 Å². The van der Waals surface area contributed by atoms with Gasteiger partial charge in [-0.05, 0) is 0 Å². The largest absolute Gasteiger partial charge is 3.00 e. The van der Waals surface area contributed by atoms with Crippen LogP contribution in [-0.4, -0.2) is 0 Å². The van der Waals surface area contributed by atoms with Crippen LogP contribution in [0.5, 0.6) is 0 Å². The fourth-order valence-corrected chi connectivity index (χ4v) is 0. The Morgan fingerprint density at radius 2 is 0.312 bits per heavy atom. The van der Waals surface area contributed by atoms with E-state index in [4.69, 9.17) is 0 Å². The van der Waals surface area contributed by atoms with Gasteiger partial charge in [-0.2, -0.15) is 0 Å². The molecule has 0 nitrogen and oxygen atoms in total. The van der Waals surface area contributed by atoms with Crippen LogP contribution in [0.15, 0.2) is 0 Å². The van der Waals surface area contributed by atoms with Crippen molar-refractivity contribution in [3.63, 3.8) is 0 Å². The molecule has 0 atom stereocenters. The standard InChI is InChI=1S/Ce.12ClH.La.Nd.Pr/h;12*1H;;;/q+3;;;;;;;;;;;;;3*+3/p-12. The van der Waals surface area contributed by atoms with Crippen molar-refractivity contribution in [2.75, 3.05) is 0 Å². The van der Waals surface area contributed by atoms with Gasteiger partial charge in [0, 0.05) is 0 Å². The van der Waals surface area contributed by atoms with E-state index in [1.165, 1.54) is 0 Å². The van der Waals surface area contributed by atoms with Gasteiger partial charge in [0.2, 0.25) is 0 Å². The molecule has 0 aromatic heterocycles. The Hall–Kier alpha value is 8.77. The summed E-state index contributed by atoms with van der Waals surface area (Å²) in [5.74, 6) is 0. The summed E-state index contributed by atoms with van der Waals surface area (Å²) in [6.07, 6.45) is 0. The van der Waals surface area contributed by atoms with Crippen LogP contribution >= 0.6 is 0 Å². The number of halogens is 12.